The van der Waals surface area contributed by atoms with Gasteiger partial charge in [0.05, 0.1) is 8.82 Å². The molecule has 0 atom stereocenters. The molecule has 78 valence electrons. The van der Waals surface area contributed by atoms with Crippen LogP contribution in [0.25, 0.3) is 0 Å². The topological polar surface area (TPSA) is 80.4 Å². The highest BCUT2D eigenvalue weighted by Crippen LogP contribution is 2.55. The van der Waals surface area contributed by atoms with Crippen molar-refractivity contribution in [1.29, 1.82) is 0 Å². The Balaban J connectivity index is 2.77. The Labute approximate surface area is 90.3 Å². The molecule has 0 aromatic rings. The Kier molecular flexibility index (Phi) is 3.49. The van der Waals surface area contributed by atoms with Crippen LogP contribution in [0.3, 0.4) is 0 Å². The van der Waals surface area contributed by atoms with Gasteiger partial charge in [-0.3, -0.25) is 4.79 Å². The zero-order valence-electron chi connectivity index (χ0n) is 7.81. The molecule has 1 rings (SSSR count). The highest BCUT2D eigenvalue weighted by atomic mass is 32.3. The van der Waals surface area contributed by atoms with Crippen LogP contribution in [-0.2, 0) is 9.59 Å². The molecule has 0 saturated carbocycles. The number of carboxylic acid groups (broad SMARTS) is 1. The molecule has 1 aliphatic rings. The predicted molar refractivity (Wildman–Crippen MR) is 57.7 cm³/mol. The largest absolute Gasteiger partial charge is 0.477 e. The van der Waals surface area contributed by atoms with E-state index in [1.54, 1.807) is 0 Å². The van der Waals surface area contributed by atoms with Crippen LogP contribution in [0.5, 0.6) is 0 Å². The third kappa shape index (κ3) is 2.24. The van der Waals surface area contributed by atoms with Crippen LogP contribution in [0.2, 0.25) is 0 Å². The van der Waals surface area contributed by atoms with Crippen LogP contribution in [0.4, 0.5) is 0 Å². The summed E-state index contributed by atoms with van der Waals surface area (Å²) >= 11 is 2.81. The zero-order chi connectivity index (χ0) is 10.9. The number of carbonyl (C=O) groups is 2. The van der Waals surface area contributed by atoms with Gasteiger partial charge < -0.3 is 10.8 Å². The maximum atomic E-state index is 10.8. The summed E-state index contributed by atoms with van der Waals surface area (Å²) < 4.78 is 0.863. The van der Waals surface area contributed by atoms with E-state index in [0.29, 0.717) is 14.7 Å². The van der Waals surface area contributed by atoms with Gasteiger partial charge in [0.1, 0.15) is 5.57 Å². The lowest BCUT2D eigenvalue weighted by molar-refractivity contribution is -0.134. The van der Waals surface area contributed by atoms with Crippen LogP contribution in [0, 0.1) is 5.92 Å². The van der Waals surface area contributed by atoms with Gasteiger partial charge in [0.2, 0.25) is 0 Å². The second kappa shape index (κ2) is 4.27. The van der Waals surface area contributed by atoms with Crippen molar-refractivity contribution in [3.8, 4) is 0 Å². The van der Waals surface area contributed by atoms with Gasteiger partial charge in [-0.15, -0.1) is 23.5 Å². The molecule has 3 N–H and O–H groups in total. The number of aliphatic carboxylic acids is 1. The molecule has 0 spiro atoms. The van der Waals surface area contributed by atoms with Gasteiger partial charge in [0.25, 0.3) is 5.91 Å². The van der Waals surface area contributed by atoms with Crippen molar-refractivity contribution in [2.75, 3.05) is 0 Å². The monoisotopic (exact) mass is 233 g/mol. The summed E-state index contributed by atoms with van der Waals surface area (Å²) in [5.41, 5.74) is 4.68. The summed E-state index contributed by atoms with van der Waals surface area (Å²) in [6.07, 6.45) is 0. The number of carboxylic acids is 1. The van der Waals surface area contributed by atoms with Crippen LogP contribution in [0.15, 0.2) is 9.81 Å². The summed E-state index contributed by atoms with van der Waals surface area (Å²) in [5.74, 6) is -1.65. The molecule has 0 radical (unpaired) electrons. The van der Waals surface area contributed by atoms with Gasteiger partial charge >= 0.3 is 5.97 Å². The van der Waals surface area contributed by atoms with Crippen LogP contribution in [-0.4, -0.2) is 21.6 Å². The number of hydrogen-bond donors (Lipinski definition) is 2. The van der Waals surface area contributed by atoms with Crippen molar-refractivity contribution < 1.29 is 14.7 Å². The first-order valence-corrected chi connectivity index (χ1v) is 5.80. The Bertz CT molecular complexity index is 288. The molecule has 1 fully saturated rings. The minimum atomic E-state index is -1.24. The number of hydrogen-bond acceptors (Lipinski definition) is 4. The normalized spacial score (nSPS) is 20.5. The average molecular weight is 233 g/mol. The lowest BCUT2D eigenvalue weighted by Gasteiger charge is -2.31. The first kappa shape index (κ1) is 11.5. The predicted octanol–water partition coefficient (Wildman–Crippen LogP) is 1.23. The number of carbonyl (C=O) groups excluding carboxylic acids is 1. The maximum absolute atomic E-state index is 10.8. The molecular weight excluding hydrogens is 222 g/mol. The van der Waals surface area contributed by atoms with Crippen molar-refractivity contribution >= 4 is 35.4 Å². The van der Waals surface area contributed by atoms with Crippen molar-refractivity contribution in [3.05, 3.63) is 9.81 Å². The standard InChI is InChI=1S/C8H11NO3S2/c1-3(2)7-13-8(14-7)4(5(9)10)6(11)12/h3,7H,1-2H3,(H2,9,10)(H,11,12). The van der Waals surface area contributed by atoms with Crippen molar-refractivity contribution in [1.82, 2.24) is 0 Å². The first-order valence-electron chi connectivity index (χ1n) is 4.04. The number of nitrogens with two attached hydrogens (primary N) is 1. The summed E-state index contributed by atoms with van der Waals surface area (Å²) in [6, 6.07) is 0. The van der Waals surface area contributed by atoms with E-state index in [9.17, 15) is 9.59 Å². The minimum absolute atomic E-state index is 0.281. The van der Waals surface area contributed by atoms with Gasteiger partial charge in [0.15, 0.2) is 0 Å². The van der Waals surface area contributed by atoms with Crippen molar-refractivity contribution in [3.63, 3.8) is 0 Å². The SMILES string of the molecule is CC(C)C1SC(=C(C(N)=O)C(=O)O)S1. The van der Waals surface area contributed by atoms with E-state index in [1.807, 2.05) is 13.8 Å². The van der Waals surface area contributed by atoms with E-state index in [0.717, 1.165) is 0 Å². The summed E-state index contributed by atoms with van der Waals surface area (Å²) in [4.78, 5) is 21.5. The Hall–Kier alpha value is -0.620. The van der Waals surface area contributed by atoms with Gasteiger partial charge in [0, 0.05) is 0 Å². The number of rotatable bonds is 3. The molecule has 1 amide bonds. The van der Waals surface area contributed by atoms with Crippen LogP contribution >= 0.6 is 23.5 Å². The van der Waals surface area contributed by atoms with Gasteiger partial charge in [-0.1, -0.05) is 13.8 Å². The highest BCUT2D eigenvalue weighted by molar-refractivity contribution is 8.38. The Morgan fingerprint density at radius 1 is 1.43 bits per heavy atom. The zero-order valence-corrected chi connectivity index (χ0v) is 9.45. The van der Waals surface area contributed by atoms with Crippen molar-refractivity contribution in [2.24, 2.45) is 11.7 Å². The molecule has 1 aliphatic heterocycles. The van der Waals surface area contributed by atoms with Gasteiger partial charge in [-0.2, -0.15) is 0 Å². The lowest BCUT2D eigenvalue weighted by atomic mass is 10.3. The molecule has 0 aliphatic carbocycles. The molecule has 6 heteroatoms. The molecule has 14 heavy (non-hydrogen) atoms. The number of thioether (sulfide) groups is 2. The van der Waals surface area contributed by atoms with E-state index < -0.39 is 11.9 Å². The van der Waals surface area contributed by atoms with E-state index in [1.165, 1.54) is 23.5 Å². The fourth-order valence-corrected chi connectivity index (χ4v) is 3.41. The summed E-state index contributed by atoms with van der Waals surface area (Å²) in [5, 5.41) is 8.72. The second-order valence-corrected chi connectivity index (χ2v) is 6.04. The van der Waals surface area contributed by atoms with E-state index >= 15 is 0 Å². The smallest absolute Gasteiger partial charge is 0.343 e. The Morgan fingerprint density at radius 2 is 1.93 bits per heavy atom. The molecule has 1 heterocycles. The third-order valence-corrected chi connectivity index (χ3v) is 5.20. The molecule has 4 nitrogen and oxygen atoms in total. The lowest BCUT2D eigenvalue weighted by Crippen LogP contribution is -2.25. The maximum Gasteiger partial charge on any atom is 0.343 e. The number of amides is 1. The summed E-state index contributed by atoms with van der Waals surface area (Å²) in [6.45, 7) is 4.10. The van der Waals surface area contributed by atoms with Gasteiger partial charge in [-0.25, -0.2) is 4.79 Å². The molecular formula is C8H11NO3S2. The number of primary amides is 1. The molecule has 0 aromatic carbocycles. The summed E-state index contributed by atoms with van der Waals surface area (Å²) in [7, 11) is 0. The molecule has 1 saturated heterocycles. The van der Waals surface area contributed by atoms with Crippen LogP contribution in [0.1, 0.15) is 13.8 Å². The fraction of sp³-hybridized carbons (Fsp3) is 0.500. The van der Waals surface area contributed by atoms with Crippen molar-refractivity contribution in [2.45, 2.75) is 18.4 Å². The molecule has 0 aromatic heterocycles. The minimum Gasteiger partial charge on any atom is -0.477 e. The van der Waals surface area contributed by atoms with E-state index in [-0.39, 0.29) is 5.57 Å². The third-order valence-electron chi connectivity index (χ3n) is 1.66. The van der Waals surface area contributed by atoms with E-state index in [2.05, 4.69) is 0 Å². The Morgan fingerprint density at radius 3 is 2.21 bits per heavy atom. The quantitative estimate of drug-likeness (QED) is 0.435. The average Bonchev–Trinajstić information content (AvgIpc) is 1.92. The van der Waals surface area contributed by atoms with Crippen LogP contribution < -0.4 is 5.73 Å². The fourth-order valence-electron chi connectivity index (χ4n) is 0.903. The van der Waals surface area contributed by atoms with E-state index in [4.69, 9.17) is 10.8 Å². The second-order valence-electron chi connectivity index (χ2n) is 3.18. The highest BCUT2D eigenvalue weighted by Gasteiger charge is 2.34. The molecule has 0 unspecified atom stereocenters. The molecule has 0 bridgehead atoms. The van der Waals surface area contributed by atoms with Gasteiger partial charge in [-0.05, 0) is 5.92 Å². The first-order chi connectivity index (χ1) is 6.43.